The van der Waals surface area contributed by atoms with Gasteiger partial charge in [-0.3, -0.25) is 0 Å². The monoisotopic (exact) mass is 203 g/mol. The lowest BCUT2D eigenvalue weighted by Crippen LogP contribution is -2.33. The summed E-state index contributed by atoms with van der Waals surface area (Å²) in [6, 6.07) is 10.2. The number of hydrogen-bond donors (Lipinski definition) is 1. The fourth-order valence-electron chi connectivity index (χ4n) is 1.42. The zero-order chi connectivity index (χ0) is 10.7. The molecule has 0 unspecified atom stereocenters. The number of nitrogens with zero attached hydrogens (tertiary/aromatic N) is 1. The molecule has 76 valence electrons. The summed E-state index contributed by atoms with van der Waals surface area (Å²) in [5.74, 6) is -0.205. The van der Waals surface area contributed by atoms with Crippen LogP contribution in [-0.2, 0) is 6.54 Å². The minimum atomic E-state index is -0.205. The van der Waals surface area contributed by atoms with E-state index in [1.54, 1.807) is 6.07 Å². The molecule has 0 aliphatic rings. The molecule has 3 heteroatoms. The van der Waals surface area contributed by atoms with Gasteiger partial charge >= 0.3 is 0 Å². The summed E-state index contributed by atoms with van der Waals surface area (Å²) in [4.78, 5) is 0. The third kappa shape index (κ3) is 2.53. The van der Waals surface area contributed by atoms with Crippen molar-refractivity contribution in [2.24, 2.45) is 0 Å². The van der Waals surface area contributed by atoms with Gasteiger partial charge in [-0.1, -0.05) is 12.1 Å². The van der Waals surface area contributed by atoms with E-state index in [4.69, 9.17) is 5.73 Å². The number of hydrogen-bond acceptors (Lipinski definition) is 1. The lowest BCUT2D eigenvalue weighted by atomic mass is 10.2. The Labute approximate surface area is 87.8 Å². The lowest BCUT2D eigenvalue weighted by Gasteiger charge is -1.98. The molecule has 0 spiro atoms. The first-order valence-corrected chi connectivity index (χ1v) is 4.73. The van der Waals surface area contributed by atoms with E-state index < -0.39 is 0 Å². The van der Waals surface area contributed by atoms with Gasteiger partial charge in [0.1, 0.15) is 5.82 Å². The molecule has 0 atom stereocenters. The fraction of sp³-hybridized carbons (Fsp3) is 0.0833. The van der Waals surface area contributed by atoms with E-state index in [1.807, 2.05) is 35.2 Å². The van der Waals surface area contributed by atoms with E-state index in [9.17, 15) is 4.39 Å². The zero-order valence-corrected chi connectivity index (χ0v) is 8.23. The van der Waals surface area contributed by atoms with Crippen LogP contribution in [0, 0.1) is 5.82 Å². The Kier molecular flexibility index (Phi) is 2.63. The van der Waals surface area contributed by atoms with Crippen LogP contribution in [0.2, 0.25) is 0 Å². The standard InChI is InChI=1S/C12H11FN2/c13-11-3-1-2-10(8-11)9-15-6-4-12(14)5-7-15/h1-8,14H,9H2/p+1. The van der Waals surface area contributed by atoms with Crippen molar-refractivity contribution in [1.82, 2.24) is 0 Å². The number of pyridine rings is 1. The van der Waals surface area contributed by atoms with Gasteiger partial charge in [-0.25, -0.2) is 8.96 Å². The maximum absolute atomic E-state index is 12.9. The number of rotatable bonds is 2. The van der Waals surface area contributed by atoms with Crippen LogP contribution in [0.4, 0.5) is 10.1 Å². The van der Waals surface area contributed by atoms with Gasteiger partial charge in [0.2, 0.25) is 0 Å². The largest absolute Gasteiger partial charge is 0.398 e. The van der Waals surface area contributed by atoms with Gasteiger partial charge in [0, 0.05) is 23.4 Å². The quantitative estimate of drug-likeness (QED) is 0.740. The fourth-order valence-corrected chi connectivity index (χ4v) is 1.42. The Morgan fingerprint density at radius 3 is 2.53 bits per heavy atom. The average molecular weight is 203 g/mol. The van der Waals surface area contributed by atoms with Crippen LogP contribution in [0.25, 0.3) is 0 Å². The SMILES string of the molecule is Nc1cc[n+](Cc2cccc(F)c2)cc1. The summed E-state index contributed by atoms with van der Waals surface area (Å²) in [6.07, 6.45) is 3.75. The van der Waals surface area contributed by atoms with E-state index in [0.29, 0.717) is 6.54 Å². The number of aromatic nitrogens is 1. The van der Waals surface area contributed by atoms with Crippen molar-refractivity contribution in [2.75, 3.05) is 5.73 Å². The molecule has 1 heterocycles. The third-order valence-corrected chi connectivity index (χ3v) is 2.17. The van der Waals surface area contributed by atoms with Crippen molar-refractivity contribution < 1.29 is 8.96 Å². The number of benzene rings is 1. The highest BCUT2D eigenvalue weighted by molar-refractivity contribution is 5.32. The Balaban J connectivity index is 2.18. The van der Waals surface area contributed by atoms with Crippen molar-refractivity contribution in [3.05, 3.63) is 60.2 Å². The Morgan fingerprint density at radius 2 is 1.87 bits per heavy atom. The molecule has 0 aliphatic heterocycles. The second-order valence-electron chi connectivity index (χ2n) is 3.43. The molecule has 2 rings (SSSR count). The minimum absolute atomic E-state index is 0.205. The molecule has 2 nitrogen and oxygen atoms in total. The summed E-state index contributed by atoms with van der Waals surface area (Å²) < 4.78 is 14.9. The summed E-state index contributed by atoms with van der Waals surface area (Å²) in [7, 11) is 0. The highest BCUT2D eigenvalue weighted by Crippen LogP contribution is 2.03. The normalized spacial score (nSPS) is 10.2. The molecule has 0 bridgehead atoms. The van der Waals surface area contributed by atoms with E-state index in [1.165, 1.54) is 12.1 Å². The number of nitrogens with two attached hydrogens (primary N) is 1. The van der Waals surface area contributed by atoms with Gasteiger partial charge in [0.25, 0.3) is 0 Å². The van der Waals surface area contributed by atoms with Crippen molar-refractivity contribution in [1.29, 1.82) is 0 Å². The maximum Gasteiger partial charge on any atom is 0.173 e. The molecule has 0 amide bonds. The molecule has 0 aliphatic carbocycles. The number of anilines is 1. The minimum Gasteiger partial charge on any atom is -0.398 e. The summed E-state index contributed by atoms with van der Waals surface area (Å²) in [5, 5.41) is 0. The van der Waals surface area contributed by atoms with E-state index in [0.717, 1.165) is 11.3 Å². The summed E-state index contributed by atoms with van der Waals surface area (Å²) >= 11 is 0. The first kappa shape index (κ1) is 9.65. The topological polar surface area (TPSA) is 29.9 Å². The van der Waals surface area contributed by atoms with Crippen molar-refractivity contribution in [3.63, 3.8) is 0 Å². The van der Waals surface area contributed by atoms with Crippen LogP contribution >= 0.6 is 0 Å². The maximum atomic E-state index is 12.9. The average Bonchev–Trinajstić information content (AvgIpc) is 2.22. The molecular weight excluding hydrogens is 191 g/mol. The molecule has 0 saturated carbocycles. The van der Waals surface area contributed by atoms with Gasteiger partial charge < -0.3 is 5.73 Å². The van der Waals surface area contributed by atoms with Crippen LogP contribution < -0.4 is 10.3 Å². The Morgan fingerprint density at radius 1 is 1.13 bits per heavy atom. The summed E-state index contributed by atoms with van der Waals surface area (Å²) in [5.41, 5.74) is 7.23. The highest BCUT2D eigenvalue weighted by Gasteiger charge is 2.02. The molecule has 0 saturated heterocycles. The molecular formula is C12H12FN2+. The van der Waals surface area contributed by atoms with Crippen molar-refractivity contribution in [2.45, 2.75) is 6.54 Å². The Bertz CT molecular complexity index is 451. The molecule has 0 radical (unpaired) electrons. The molecule has 1 aromatic carbocycles. The van der Waals surface area contributed by atoms with Crippen LogP contribution in [0.15, 0.2) is 48.8 Å². The highest BCUT2D eigenvalue weighted by atomic mass is 19.1. The predicted molar refractivity (Wildman–Crippen MR) is 56.6 cm³/mol. The van der Waals surface area contributed by atoms with E-state index in [-0.39, 0.29) is 5.82 Å². The van der Waals surface area contributed by atoms with Gasteiger partial charge in [0.05, 0.1) is 0 Å². The van der Waals surface area contributed by atoms with Gasteiger partial charge in [-0.05, 0) is 12.1 Å². The lowest BCUT2D eigenvalue weighted by molar-refractivity contribution is -0.688. The molecule has 0 fully saturated rings. The Hall–Kier alpha value is -1.90. The van der Waals surface area contributed by atoms with E-state index in [2.05, 4.69) is 0 Å². The number of halogens is 1. The van der Waals surface area contributed by atoms with Gasteiger partial charge in [-0.15, -0.1) is 0 Å². The number of nitrogen functional groups attached to an aromatic ring is 1. The first-order chi connectivity index (χ1) is 7.24. The second kappa shape index (κ2) is 4.09. The molecule has 2 aromatic rings. The van der Waals surface area contributed by atoms with Crippen LogP contribution in [-0.4, -0.2) is 0 Å². The van der Waals surface area contributed by atoms with Crippen LogP contribution in [0.5, 0.6) is 0 Å². The first-order valence-electron chi connectivity index (χ1n) is 4.73. The smallest absolute Gasteiger partial charge is 0.173 e. The van der Waals surface area contributed by atoms with Crippen molar-refractivity contribution >= 4 is 5.69 Å². The third-order valence-electron chi connectivity index (χ3n) is 2.17. The van der Waals surface area contributed by atoms with Gasteiger partial charge in [-0.2, -0.15) is 0 Å². The molecule has 2 N–H and O–H groups in total. The van der Waals surface area contributed by atoms with E-state index >= 15 is 0 Å². The second-order valence-corrected chi connectivity index (χ2v) is 3.43. The zero-order valence-electron chi connectivity index (χ0n) is 8.23. The van der Waals surface area contributed by atoms with Crippen LogP contribution in [0.3, 0.4) is 0 Å². The molecule has 1 aromatic heterocycles. The molecule has 15 heavy (non-hydrogen) atoms. The van der Waals surface area contributed by atoms with Crippen molar-refractivity contribution in [3.8, 4) is 0 Å². The summed E-state index contributed by atoms with van der Waals surface area (Å²) in [6.45, 7) is 0.651. The van der Waals surface area contributed by atoms with Crippen LogP contribution in [0.1, 0.15) is 5.56 Å². The van der Waals surface area contributed by atoms with Gasteiger partial charge in [0.15, 0.2) is 18.9 Å². The predicted octanol–water partition coefficient (Wildman–Crippen LogP) is 1.74.